The molecule has 21 nitrogen and oxygen atoms in total. The Kier molecular flexibility index (Phi) is 11.6. The fraction of sp³-hybridized carbons (Fsp3) is 0.0714. The van der Waals surface area contributed by atoms with Crippen LogP contribution in [0.25, 0.3) is 0 Å². The second kappa shape index (κ2) is 15.6. The number of benzene rings is 3. The van der Waals surface area contributed by atoms with Gasteiger partial charge in [-0.3, -0.25) is 44.5 Å². The van der Waals surface area contributed by atoms with Crippen molar-refractivity contribution >= 4 is 80.4 Å². The van der Waals surface area contributed by atoms with Gasteiger partial charge in [-0.15, -0.1) is 0 Å². The number of imide groups is 3. The number of anilines is 2. The molecule has 2 aliphatic rings. The molecule has 0 aliphatic carbocycles. The topological polar surface area (TPSA) is 319 Å². The molecule has 6 N–H and O–H groups in total. The van der Waals surface area contributed by atoms with Gasteiger partial charge in [-0.2, -0.15) is 28.9 Å². The van der Waals surface area contributed by atoms with Crippen LogP contribution in [0.5, 0.6) is 0 Å². The van der Waals surface area contributed by atoms with Gasteiger partial charge in [0.25, 0.3) is 39.7 Å². The van der Waals surface area contributed by atoms with Crippen LogP contribution in [-0.2, 0) is 24.5 Å². The molecule has 3 aromatic carbocycles. The van der Waals surface area contributed by atoms with Crippen LogP contribution in [0.2, 0.25) is 0 Å². The fourth-order valence-electron chi connectivity index (χ4n) is 4.11. The molecule has 0 spiro atoms. The normalized spacial score (nSPS) is 16.5. The van der Waals surface area contributed by atoms with Crippen molar-refractivity contribution < 1.29 is 81.2 Å². The van der Waals surface area contributed by atoms with E-state index in [0.717, 1.165) is 12.1 Å². The third-order valence-corrected chi connectivity index (χ3v) is 7.39. The van der Waals surface area contributed by atoms with Crippen LogP contribution in [0.3, 0.4) is 0 Å². The van der Waals surface area contributed by atoms with Gasteiger partial charge in [0, 0.05) is 22.7 Å². The minimum atomic E-state index is -4.93. The van der Waals surface area contributed by atoms with Gasteiger partial charge in [0.2, 0.25) is 6.04 Å². The van der Waals surface area contributed by atoms with Crippen molar-refractivity contribution in [3.63, 3.8) is 0 Å². The van der Waals surface area contributed by atoms with Crippen LogP contribution in [-0.4, -0.2) is 72.6 Å². The zero-order valence-corrected chi connectivity index (χ0v) is 28.5. The second-order valence-electron chi connectivity index (χ2n) is 9.98. The third kappa shape index (κ3) is 9.34. The van der Waals surface area contributed by atoms with Gasteiger partial charge in [0.05, 0.1) is 17.1 Å². The Hall–Kier alpha value is -6.07. The molecule has 3 aromatic rings. The summed E-state index contributed by atoms with van der Waals surface area (Å²) >= 11 is 0. The summed E-state index contributed by atoms with van der Waals surface area (Å²) in [4.78, 5) is 85.5. The Morgan fingerprint density at radius 3 is 1.73 bits per heavy atom. The van der Waals surface area contributed by atoms with Gasteiger partial charge in [-0.1, -0.05) is 0 Å². The van der Waals surface area contributed by atoms with Crippen LogP contribution < -0.4 is 61.2 Å². The van der Waals surface area contributed by atoms with Crippen LogP contribution in [0.4, 0.5) is 32.3 Å². The van der Waals surface area contributed by atoms with E-state index in [4.69, 9.17) is 0 Å². The first kappa shape index (κ1) is 37.7. The van der Waals surface area contributed by atoms with Crippen molar-refractivity contribution in [3.8, 4) is 0 Å². The number of urea groups is 2. The molecule has 0 bridgehead atoms. The summed E-state index contributed by atoms with van der Waals surface area (Å²) in [5, 5.41) is 36.7. The van der Waals surface area contributed by atoms with E-state index in [1.807, 2.05) is 16.0 Å². The maximum Gasteiger partial charge on any atom is 1.00 e. The largest absolute Gasteiger partial charge is 1.00 e. The minimum Gasteiger partial charge on any atom is -0.860 e. The van der Waals surface area contributed by atoms with Gasteiger partial charge in [0.15, 0.2) is 6.04 Å². The number of rotatable bonds is 9. The van der Waals surface area contributed by atoms with Crippen molar-refractivity contribution in [2.24, 2.45) is 25.4 Å². The van der Waals surface area contributed by atoms with Crippen molar-refractivity contribution in [3.05, 3.63) is 77.9 Å². The van der Waals surface area contributed by atoms with Gasteiger partial charge in [-0.25, -0.2) is 14.6 Å². The molecule has 0 radical (unpaired) electrons. The number of nitrogens with zero attached hydrogens (tertiary/aromatic N) is 5. The summed E-state index contributed by atoms with van der Waals surface area (Å²) in [6, 6.07) is 8.31. The summed E-state index contributed by atoms with van der Waals surface area (Å²) in [5.41, 5.74) is -0.0951. The van der Waals surface area contributed by atoms with E-state index in [1.165, 1.54) is 54.6 Å². The Morgan fingerprint density at radius 2 is 1.22 bits per heavy atom. The Balaban J connectivity index is 0.00000583. The summed E-state index contributed by atoms with van der Waals surface area (Å²) in [6.07, 6.45) is 0. The number of aliphatic imine (C=N–C) groups is 1. The molecule has 2 aliphatic heterocycles. The minimum absolute atomic E-state index is 0. The molecule has 1 atom stereocenters. The average Bonchev–Trinajstić information content (AvgIpc) is 3.04. The zero-order valence-electron chi connectivity index (χ0n) is 25.7. The van der Waals surface area contributed by atoms with E-state index >= 15 is 0 Å². The third-order valence-electron chi connectivity index (χ3n) is 6.50. The first-order chi connectivity index (χ1) is 23.7. The van der Waals surface area contributed by atoms with Crippen LogP contribution in [0, 0.1) is 0 Å². The molecule has 0 aromatic heterocycles. The molecule has 1 unspecified atom stereocenters. The maximum atomic E-state index is 12.9. The average molecular weight is 727 g/mol. The van der Waals surface area contributed by atoms with Crippen LogP contribution in [0.1, 0.15) is 20.7 Å². The summed E-state index contributed by atoms with van der Waals surface area (Å²) in [5.74, 6) is -5.56. The second-order valence-corrected chi connectivity index (χ2v) is 11.4. The van der Waals surface area contributed by atoms with Crippen molar-refractivity contribution in [2.75, 3.05) is 10.6 Å². The van der Waals surface area contributed by atoms with Gasteiger partial charge < -0.3 is 15.7 Å². The maximum absolute atomic E-state index is 12.9. The summed E-state index contributed by atoms with van der Waals surface area (Å²) in [7, 11) is -4.93. The number of carbonyl (C=O) groups excluding carboxylic acids is 7. The predicted molar refractivity (Wildman–Crippen MR) is 164 cm³/mol. The van der Waals surface area contributed by atoms with E-state index < -0.39 is 74.6 Å². The Labute approximate surface area is 307 Å². The SMILES string of the molecule is O=C1N=C([O-])C(N=Nc2ccc(C(=O)Nc3ccc(NC(=O)c4ccc(N=NC5C(=O)NC(=O)NC5=O)cc4)c(S(=O)(=O)O)c3)cc2)C(=O)N1.[Na+]. The standard InChI is InChI=1S/C28H20N10O11S.Na/c39-21(12-1-5-14(6-2-12)35-37-19-23(41)31-27(45)32-24(19)42)29-16-9-10-17(18(11-16)50(47,48)49)30-22(40)13-3-7-15(8-4-13)36-38-20-25(43)33-28(46)34-26(20)44;/h1-11,19-20H,(H,29,39)(H,30,40)(H,47,48,49)(H2,31,32,41,42,45)(H2,33,34,43,44,46);/q;+1/p-1. The van der Waals surface area contributed by atoms with Crippen molar-refractivity contribution in [1.29, 1.82) is 0 Å². The van der Waals surface area contributed by atoms with Crippen molar-refractivity contribution in [2.45, 2.75) is 17.0 Å². The fourth-order valence-corrected chi connectivity index (χ4v) is 4.79. The quantitative estimate of drug-likeness (QED) is 0.0590. The first-order valence-electron chi connectivity index (χ1n) is 13.7. The number of carbonyl (C=O) groups is 7. The molecular weight excluding hydrogens is 707 g/mol. The molecule has 23 heteroatoms. The van der Waals surface area contributed by atoms with Crippen molar-refractivity contribution in [1.82, 2.24) is 16.0 Å². The van der Waals surface area contributed by atoms with E-state index in [1.54, 1.807) is 0 Å². The smallest absolute Gasteiger partial charge is 0.860 e. The Bertz CT molecular complexity index is 2150. The summed E-state index contributed by atoms with van der Waals surface area (Å²) in [6.45, 7) is 0. The number of hydrogen-bond acceptors (Lipinski definition) is 14. The summed E-state index contributed by atoms with van der Waals surface area (Å²) < 4.78 is 34.2. The number of barbiturate groups is 1. The molecule has 9 amide bonds. The predicted octanol–water partition coefficient (Wildman–Crippen LogP) is -2.28. The van der Waals surface area contributed by atoms with Gasteiger partial charge in [0.1, 0.15) is 4.90 Å². The van der Waals surface area contributed by atoms with Gasteiger partial charge >= 0.3 is 41.6 Å². The molecule has 0 saturated carbocycles. The van der Waals surface area contributed by atoms with Crippen LogP contribution >= 0.6 is 0 Å². The Morgan fingerprint density at radius 1 is 0.725 bits per heavy atom. The molecule has 254 valence electrons. The monoisotopic (exact) mass is 726 g/mol. The number of azo groups is 2. The molecule has 1 saturated heterocycles. The van der Waals surface area contributed by atoms with Gasteiger partial charge in [-0.05, 0) is 66.7 Å². The molecule has 51 heavy (non-hydrogen) atoms. The van der Waals surface area contributed by atoms with E-state index in [2.05, 4.69) is 36.1 Å². The molecule has 5 rings (SSSR count). The van der Waals surface area contributed by atoms with Crippen LogP contribution in [0.15, 0.2) is 97.1 Å². The number of nitrogens with one attached hydrogen (secondary N) is 5. The number of amides is 9. The van der Waals surface area contributed by atoms with E-state index in [0.29, 0.717) is 0 Å². The molecule has 2 heterocycles. The molecule has 1 fully saturated rings. The first-order valence-corrected chi connectivity index (χ1v) is 15.1. The van der Waals surface area contributed by atoms with E-state index in [9.17, 15) is 51.6 Å². The molecular formula is C28H19N10NaO11S. The van der Waals surface area contributed by atoms with E-state index in [-0.39, 0.29) is 63.4 Å². The zero-order chi connectivity index (χ0) is 36.2. The number of hydrogen-bond donors (Lipinski definition) is 6.